The second kappa shape index (κ2) is 5.87. The summed E-state index contributed by atoms with van der Waals surface area (Å²) in [6.45, 7) is 6.23. The second-order valence-electron chi connectivity index (χ2n) is 4.11. The molecule has 90 valence electrons. The van der Waals surface area contributed by atoms with E-state index in [1.165, 1.54) is 0 Å². The van der Waals surface area contributed by atoms with Crippen LogP contribution in [-0.2, 0) is 11.3 Å². The molecule has 3 heteroatoms. The summed E-state index contributed by atoms with van der Waals surface area (Å²) in [5, 5.41) is 9.51. The van der Waals surface area contributed by atoms with E-state index in [9.17, 15) is 5.11 Å². The third-order valence-corrected chi connectivity index (χ3v) is 2.36. The van der Waals surface area contributed by atoms with E-state index in [-0.39, 0.29) is 6.10 Å². The highest BCUT2D eigenvalue weighted by Gasteiger charge is 2.08. The molecule has 0 saturated carbocycles. The number of methoxy groups -OCH3 is 1. The van der Waals surface area contributed by atoms with Crippen LogP contribution in [0.2, 0.25) is 0 Å². The lowest BCUT2D eigenvalue weighted by molar-refractivity contribution is 0.0643. The highest BCUT2D eigenvalue weighted by atomic mass is 16.5. The van der Waals surface area contributed by atoms with Gasteiger partial charge in [-0.1, -0.05) is 6.07 Å². The molecule has 0 radical (unpaired) electrons. The maximum Gasteiger partial charge on any atom is 0.124 e. The molecule has 0 bridgehead atoms. The Morgan fingerprint density at radius 3 is 2.44 bits per heavy atom. The molecule has 1 aromatic rings. The SMILES string of the molecule is COc1ccc(C(C)O)cc1COC(C)C. The largest absolute Gasteiger partial charge is 0.496 e. The maximum atomic E-state index is 9.51. The van der Waals surface area contributed by atoms with Crippen LogP contribution in [0.5, 0.6) is 5.75 Å². The summed E-state index contributed by atoms with van der Waals surface area (Å²) < 4.78 is 10.8. The van der Waals surface area contributed by atoms with Crippen LogP contribution >= 0.6 is 0 Å². The Kier molecular flexibility index (Phi) is 4.77. The van der Waals surface area contributed by atoms with Crippen molar-refractivity contribution in [3.05, 3.63) is 29.3 Å². The van der Waals surface area contributed by atoms with Gasteiger partial charge in [0.25, 0.3) is 0 Å². The van der Waals surface area contributed by atoms with Gasteiger partial charge in [0.05, 0.1) is 25.9 Å². The monoisotopic (exact) mass is 224 g/mol. The van der Waals surface area contributed by atoms with E-state index < -0.39 is 6.10 Å². The van der Waals surface area contributed by atoms with Crippen LogP contribution in [0, 0.1) is 0 Å². The molecule has 1 unspecified atom stereocenters. The van der Waals surface area contributed by atoms with E-state index in [1.54, 1.807) is 14.0 Å². The van der Waals surface area contributed by atoms with Gasteiger partial charge in [0, 0.05) is 5.56 Å². The van der Waals surface area contributed by atoms with Crippen molar-refractivity contribution in [2.75, 3.05) is 7.11 Å². The van der Waals surface area contributed by atoms with Crippen LogP contribution in [0.1, 0.15) is 38.0 Å². The van der Waals surface area contributed by atoms with Crippen LogP contribution in [0.4, 0.5) is 0 Å². The molecule has 0 aromatic heterocycles. The minimum Gasteiger partial charge on any atom is -0.496 e. The third kappa shape index (κ3) is 3.51. The van der Waals surface area contributed by atoms with Gasteiger partial charge in [0.15, 0.2) is 0 Å². The minimum atomic E-state index is -0.469. The molecule has 0 spiro atoms. The first kappa shape index (κ1) is 13.0. The summed E-state index contributed by atoms with van der Waals surface area (Å²) >= 11 is 0. The first-order valence-corrected chi connectivity index (χ1v) is 5.51. The van der Waals surface area contributed by atoms with Crippen molar-refractivity contribution < 1.29 is 14.6 Å². The molecule has 1 aromatic carbocycles. The lowest BCUT2D eigenvalue weighted by atomic mass is 10.1. The van der Waals surface area contributed by atoms with Crippen molar-refractivity contribution in [2.45, 2.75) is 39.6 Å². The van der Waals surface area contributed by atoms with E-state index in [0.717, 1.165) is 16.9 Å². The van der Waals surface area contributed by atoms with Crippen LogP contribution in [0.15, 0.2) is 18.2 Å². The molecule has 0 aliphatic rings. The summed E-state index contributed by atoms with van der Waals surface area (Å²) in [5.74, 6) is 0.796. The molecule has 1 atom stereocenters. The number of aliphatic hydroxyl groups is 1. The van der Waals surface area contributed by atoms with Gasteiger partial charge in [-0.3, -0.25) is 0 Å². The fraction of sp³-hybridized carbons (Fsp3) is 0.538. The van der Waals surface area contributed by atoms with Gasteiger partial charge in [-0.2, -0.15) is 0 Å². The molecule has 1 N–H and O–H groups in total. The summed E-state index contributed by atoms with van der Waals surface area (Å²) in [6, 6.07) is 5.65. The standard InChI is InChI=1S/C13H20O3/c1-9(2)16-8-12-7-11(10(3)14)5-6-13(12)15-4/h5-7,9-10,14H,8H2,1-4H3. The molecule has 0 saturated heterocycles. The molecule has 0 aliphatic carbocycles. The summed E-state index contributed by atoms with van der Waals surface area (Å²) in [5.41, 5.74) is 1.85. The normalized spacial score (nSPS) is 12.9. The van der Waals surface area contributed by atoms with Gasteiger partial charge >= 0.3 is 0 Å². The highest BCUT2D eigenvalue weighted by molar-refractivity contribution is 5.37. The van der Waals surface area contributed by atoms with Crippen LogP contribution in [0.25, 0.3) is 0 Å². The predicted molar refractivity (Wildman–Crippen MR) is 63.6 cm³/mol. The molecule has 0 amide bonds. The molecular formula is C13H20O3. The van der Waals surface area contributed by atoms with E-state index in [1.807, 2.05) is 32.0 Å². The van der Waals surface area contributed by atoms with Crippen molar-refractivity contribution in [1.82, 2.24) is 0 Å². The van der Waals surface area contributed by atoms with Gasteiger partial charge in [0.2, 0.25) is 0 Å². The van der Waals surface area contributed by atoms with E-state index >= 15 is 0 Å². The Hall–Kier alpha value is -1.06. The number of hydrogen-bond acceptors (Lipinski definition) is 3. The number of benzene rings is 1. The summed E-state index contributed by atoms with van der Waals surface area (Å²) in [6.07, 6.45) is -0.288. The van der Waals surface area contributed by atoms with Crippen molar-refractivity contribution in [3.8, 4) is 5.75 Å². The third-order valence-electron chi connectivity index (χ3n) is 2.36. The zero-order valence-electron chi connectivity index (χ0n) is 10.4. The van der Waals surface area contributed by atoms with Gasteiger partial charge < -0.3 is 14.6 Å². The van der Waals surface area contributed by atoms with Gasteiger partial charge in [-0.25, -0.2) is 0 Å². The van der Waals surface area contributed by atoms with E-state index in [2.05, 4.69) is 0 Å². The first-order chi connectivity index (χ1) is 7.54. The predicted octanol–water partition coefficient (Wildman–Crippen LogP) is 2.67. The van der Waals surface area contributed by atoms with Crippen molar-refractivity contribution >= 4 is 0 Å². The minimum absolute atomic E-state index is 0.180. The molecule has 0 heterocycles. The number of ether oxygens (including phenoxy) is 2. The van der Waals surface area contributed by atoms with E-state index in [4.69, 9.17) is 9.47 Å². The van der Waals surface area contributed by atoms with Gasteiger partial charge in [-0.05, 0) is 38.5 Å². The quantitative estimate of drug-likeness (QED) is 0.835. The van der Waals surface area contributed by atoms with Crippen LogP contribution in [0.3, 0.4) is 0 Å². The van der Waals surface area contributed by atoms with Gasteiger partial charge in [-0.15, -0.1) is 0 Å². The average molecular weight is 224 g/mol. The Morgan fingerprint density at radius 2 is 1.94 bits per heavy atom. The summed E-state index contributed by atoms with van der Waals surface area (Å²) in [7, 11) is 1.64. The molecule has 3 nitrogen and oxygen atoms in total. The number of rotatable bonds is 5. The average Bonchev–Trinajstić information content (AvgIpc) is 2.25. The Morgan fingerprint density at radius 1 is 1.25 bits per heavy atom. The van der Waals surface area contributed by atoms with Crippen LogP contribution < -0.4 is 4.74 Å². The topological polar surface area (TPSA) is 38.7 Å². The Bertz CT molecular complexity index is 332. The Labute approximate surface area is 97.0 Å². The van der Waals surface area contributed by atoms with Crippen molar-refractivity contribution in [3.63, 3.8) is 0 Å². The maximum absolute atomic E-state index is 9.51. The van der Waals surface area contributed by atoms with Crippen molar-refractivity contribution in [1.29, 1.82) is 0 Å². The van der Waals surface area contributed by atoms with Gasteiger partial charge in [0.1, 0.15) is 5.75 Å². The molecule has 0 aliphatic heterocycles. The number of aliphatic hydroxyl groups excluding tert-OH is 1. The number of hydrogen-bond donors (Lipinski definition) is 1. The van der Waals surface area contributed by atoms with Crippen LogP contribution in [-0.4, -0.2) is 18.3 Å². The smallest absolute Gasteiger partial charge is 0.124 e. The fourth-order valence-electron chi connectivity index (χ4n) is 1.43. The van der Waals surface area contributed by atoms with Crippen molar-refractivity contribution in [2.24, 2.45) is 0 Å². The fourth-order valence-corrected chi connectivity index (χ4v) is 1.43. The molecular weight excluding hydrogens is 204 g/mol. The second-order valence-corrected chi connectivity index (χ2v) is 4.11. The highest BCUT2D eigenvalue weighted by Crippen LogP contribution is 2.24. The molecule has 16 heavy (non-hydrogen) atoms. The Balaban J connectivity index is 2.88. The lowest BCUT2D eigenvalue weighted by Crippen LogP contribution is -2.04. The zero-order valence-corrected chi connectivity index (χ0v) is 10.4. The van der Waals surface area contributed by atoms with E-state index in [0.29, 0.717) is 6.61 Å². The summed E-state index contributed by atoms with van der Waals surface area (Å²) in [4.78, 5) is 0. The zero-order chi connectivity index (χ0) is 12.1. The lowest BCUT2D eigenvalue weighted by Gasteiger charge is -2.14. The molecule has 0 fully saturated rings. The molecule has 1 rings (SSSR count). The first-order valence-electron chi connectivity index (χ1n) is 5.51.